The van der Waals surface area contributed by atoms with Crippen molar-refractivity contribution in [2.75, 3.05) is 13.7 Å². The number of thiocarbonyl (C=S) groups is 1. The molecule has 0 radical (unpaired) electrons. The van der Waals surface area contributed by atoms with Crippen LogP contribution in [0.5, 0.6) is 5.75 Å². The minimum Gasteiger partial charge on any atom is -0.493 e. The van der Waals surface area contributed by atoms with Crippen molar-refractivity contribution in [1.29, 1.82) is 0 Å². The Bertz CT molecular complexity index is 906. The van der Waals surface area contributed by atoms with E-state index in [-0.39, 0.29) is 11.8 Å². The van der Waals surface area contributed by atoms with Crippen LogP contribution in [0.25, 0.3) is 0 Å². The maximum Gasteiger partial charge on any atom is 0.193 e. The Morgan fingerprint density at radius 3 is 2.57 bits per heavy atom. The molecule has 2 aromatic carbocycles. The first kappa shape index (κ1) is 20.1. The van der Waals surface area contributed by atoms with Crippen molar-refractivity contribution < 1.29 is 9.53 Å². The summed E-state index contributed by atoms with van der Waals surface area (Å²) < 4.78 is 5.88. The lowest BCUT2D eigenvalue weighted by molar-refractivity contribution is 0.102. The summed E-state index contributed by atoms with van der Waals surface area (Å²) in [5.41, 5.74) is 3.17. The highest BCUT2D eigenvalue weighted by atomic mass is 32.1. The SMILES string of the molecule is CC1=C(C(=O)c2ccccc2)C(c2cccc(OCC(C)C)c2)NC(=S)N1C. The van der Waals surface area contributed by atoms with E-state index >= 15 is 0 Å². The van der Waals surface area contributed by atoms with Crippen LogP contribution < -0.4 is 10.1 Å². The maximum atomic E-state index is 13.3. The lowest BCUT2D eigenvalue weighted by atomic mass is 9.89. The first-order valence-electron chi connectivity index (χ1n) is 9.46. The fourth-order valence-corrected chi connectivity index (χ4v) is 3.43. The van der Waals surface area contributed by atoms with Gasteiger partial charge in [0.25, 0.3) is 0 Å². The van der Waals surface area contributed by atoms with Crippen molar-refractivity contribution in [3.05, 3.63) is 77.0 Å². The Labute approximate surface area is 172 Å². The van der Waals surface area contributed by atoms with Gasteiger partial charge in [-0.25, -0.2) is 0 Å². The average Bonchev–Trinajstić information content (AvgIpc) is 2.70. The molecular formula is C23H26N2O2S. The van der Waals surface area contributed by atoms with Crippen molar-refractivity contribution >= 4 is 23.1 Å². The number of benzene rings is 2. The van der Waals surface area contributed by atoms with Crippen LogP contribution >= 0.6 is 12.2 Å². The molecule has 1 unspecified atom stereocenters. The molecule has 0 saturated carbocycles. The van der Waals surface area contributed by atoms with E-state index in [0.717, 1.165) is 17.0 Å². The molecule has 0 bridgehead atoms. The van der Waals surface area contributed by atoms with Gasteiger partial charge in [-0.1, -0.05) is 56.3 Å². The first-order valence-corrected chi connectivity index (χ1v) is 9.86. The number of nitrogens with zero attached hydrogens (tertiary/aromatic N) is 1. The molecule has 3 rings (SSSR count). The number of rotatable bonds is 6. The summed E-state index contributed by atoms with van der Waals surface area (Å²) in [4.78, 5) is 15.2. The van der Waals surface area contributed by atoms with Crippen molar-refractivity contribution in [3.63, 3.8) is 0 Å². The van der Waals surface area contributed by atoms with Crippen LogP contribution in [-0.2, 0) is 0 Å². The summed E-state index contributed by atoms with van der Waals surface area (Å²) >= 11 is 5.50. The van der Waals surface area contributed by atoms with Crippen LogP contribution in [0.2, 0.25) is 0 Å². The van der Waals surface area contributed by atoms with E-state index in [9.17, 15) is 4.79 Å². The number of allylic oxidation sites excluding steroid dienone is 1. The zero-order chi connectivity index (χ0) is 20.3. The largest absolute Gasteiger partial charge is 0.493 e. The Morgan fingerprint density at radius 1 is 1.18 bits per heavy atom. The van der Waals surface area contributed by atoms with Crippen LogP contribution in [0.3, 0.4) is 0 Å². The van der Waals surface area contributed by atoms with Crippen LogP contribution in [0.1, 0.15) is 42.7 Å². The van der Waals surface area contributed by atoms with E-state index < -0.39 is 0 Å². The zero-order valence-electron chi connectivity index (χ0n) is 16.7. The molecule has 28 heavy (non-hydrogen) atoms. The van der Waals surface area contributed by atoms with Crippen LogP contribution in [0.15, 0.2) is 65.9 Å². The molecule has 0 saturated heterocycles. The molecule has 0 spiro atoms. The van der Waals surface area contributed by atoms with Crippen molar-refractivity contribution in [2.24, 2.45) is 5.92 Å². The van der Waals surface area contributed by atoms with Gasteiger partial charge in [0.1, 0.15) is 5.75 Å². The second-order valence-electron chi connectivity index (χ2n) is 7.41. The Kier molecular flexibility index (Phi) is 6.15. The summed E-state index contributed by atoms with van der Waals surface area (Å²) in [6, 6.07) is 16.9. The quantitative estimate of drug-likeness (QED) is 0.566. The predicted molar refractivity (Wildman–Crippen MR) is 116 cm³/mol. The van der Waals surface area contributed by atoms with E-state index in [1.165, 1.54) is 0 Å². The van der Waals surface area contributed by atoms with Crippen LogP contribution in [-0.4, -0.2) is 29.5 Å². The topological polar surface area (TPSA) is 41.6 Å². The number of nitrogens with one attached hydrogen (secondary N) is 1. The zero-order valence-corrected chi connectivity index (χ0v) is 17.5. The molecule has 0 aromatic heterocycles. The number of hydrogen-bond donors (Lipinski definition) is 1. The number of carbonyl (C=O) groups excluding carboxylic acids is 1. The highest BCUT2D eigenvalue weighted by Gasteiger charge is 2.33. The summed E-state index contributed by atoms with van der Waals surface area (Å²) in [5.74, 6) is 1.23. The summed E-state index contributed by atoms with van der Waals surface area (Å²) in [6.07, 6.45) is 0. The standard InChI is InChI=1S/C23H26N2O2S/c1-15(2)14-27-19-12-8-11-18(13-19)21-20(16(3)25(4)23(28)24-21)22(26)17-9-6-5-7-10-17/h5-13,15,21H,14H2,1-4H3,(H,24,28). The van der Waals surface area contributed by atoms with Gasteiger partial charge >= 0.3 is 0 Å². The molecule has 1 atom stereocenters. The second-order valence-corrected chi connectivity index (χ2v) is 7.80. The lowest BCUT2D eigenvalue weighted by Gasteiger charge is -2.36. The normalized spacial score (nSPS) is 17.0. The molecule has 0 fully saturated rings. The molecule has 0 aliphatic carbocycles. The van der Waals surface area contributed by atoms with E-state index in [4.69, 9.17) is 17.0 Å². The molecule has 2 aromatic rings. The van der Waals surface area contributed by atoms with E-state index in [2.05, 4.69) is 19.2 Å². The van der Waals surface area contributed by atoms with Gasteiger partial charge < -0.3 is 15.0 Å². The molecule has 1 N–H and O–H groups in total. The first-order chi connectivity index (χ1) is 13.4. The molecule has 146 valence electrons. The van der Waals surface area contributed by atoms with E-state index in [1.54, 1.807) is 0 Å². The van der Waals surface area contributed by atoms with Gasteiger partial charge in [-0.2, -0.15) is 0 Å². The molecule has 5 heteroatoms. The molecular weight excluding hydrogens is 368 g/mol. The van der Waals surface area contributed by atoms with E-state index in [0.29, 0.717) is 28.8 Å². The average molecular weight is 395 g/mol. The third kappa shape index (κ3) is 4.25. The Hall–Kier alpha value is -2.66. The highest BCUT2D eigenvalue weighted by Crippen LogP contribution is 2.33. The smallest absolute Gasteiger partial charge is 0.193 e. The van der Waals surface area contributed by atoms with E-state index in [1.807, 2.05) is 73.5 Å². The van der Waals surface area contributed by atoms with Crippen molar-refractivity contribution in [2.45, 2.75) is 26.8 Å². The third-order valence-electron chi connectivity index (χ3n) is 4.81. The monoisotopic (exact) mass is 394 g/mol. The van der Waals surface area contributed by atoms with Crippen LogP contribution in [0, 0.1) is 5.92 Å². The summed E-state index contributed by atoms with van der Waals surface area (Å²) in [7, 11) is 1.88. The fraction of sp³-hybridized carbons (Fsp3) is 0.304. The van der Waals surface area contributed by atoms with Gasteiger partial charge in [-0.15, -0.1) is 0 Å². The van der Waals surface area contributed by atoms with Gasteiger partial charge in [0.2, 0.25) is 0 Å². The van der Waals surface area contributed by atoms with Gasteiger partial charge in [0, 0.05) is 23.9 Å². The maximum absolute atomic E-state index is 13.3. The highest BCUT2D eigenvalue weighted by molar-refractivity contribution is 7.80. The third-order valence-corrected chi connectivity index (χ3v) is 5.20. The molecule has 1 aliphatic heterocycles. The van der Waals surface area contributed by atoms with Gasteiger partial charge in [-0.05, 0) is 42.8 Å². The predicted octanol–water partition coefficient (Wildman–Crippen LogP) is 4.74. The number of carbonyl (C=O) groups is 1. The number of ether oxygens (including phenoxy) is 1. The molecule has 1 heterocycles. The molecule has 1 aliphatic rings. The fourth-order valence-electron chi connectivity index (χ4n) is 3.17. The summed E-state index contributed by atoms with van der Waals surface area (Å²) in [5, 5.41) is 3.93. The lowest BCUT2D eigenvalue weighted by Crippen LogP contribution is -2.45. The number of Topliss-reactive ketones (excluding diaryl/α,β-unsaturated/α-hetero) is 1. The summed E-state index contributed by atoms with van der Waals surface area (Å²) in [6.45, 7) is 6.82. The molecule has 4 nitrogen and oxygen atoms in total. The molecule has 0 amide bonds. The second kappa shape index (κ2) is 8.57. The van der Waals surface area contributed by atoms with Gasteiger partial charge in [-0.3, -0.25) is 4.79 Å². The van der Waals surface area contributed by atoms with Crippen LogP contribution in [0.4, 0.5) is 0 Å². The Morgan fingerprint density at radius 2 is 1.89 bits per heavy atom. The van der Waals surface area contributed by atoms with Crippen molar-refractivity contribution in [3.8, 4) is 5.75 Å². The van der Waals surface area contributed by atoms with Gasteiger partial charge in [0.15, 0.2) is 10.9 Å². The minimum absolute atomic E-state index is 0.00143. The minimum atomic E-state index is -0.320. The van der Waals surface area contributed by atoms with Crippen molar-refractivity contribution in [1.82, 2.24) is 10.2 Å². The Balaban J connectivity index is 2.01. The number of ketones is 1. The number of hydrogen-bond acceptors (Lipinski definition) is 3. The van der Waals surface area contributed by atoms with Gasteiger partial charge in [0.05, 0.1) is 12.6 Å².